The molecule has 1 amide bonds. The molecular formula is C17H25N5O2. The van der Waals surface area contributed by atoms with Crippen LogP contribution in [-0.4, -0.2) is 46.3 Å². The number of fused-ring (bicyclic) bond motifs is 1. The summed E-state index contributed by atoms with van der Waals surface area (Å²) in [6.45, 7) is 6.00. The number of carbonyl (C=O) groups is 1. The van der Waals surface area contributed by atoms with Gasteiger partial charge in [0.25, 0.3) is 5.91 Å². The SMILES string of the molecule is CCC(CC)Oc1ccc2c(C(=O)NC3CCCNC3)[nH]nc2n1. The number of nitrogens with one attached hydrogen (secondary N) is 3. The topological polar surface area (TPSA) is 91.9 Å². The lowest BCUT2D eigenvalue weighted by Crippen LogP contribution is -2.45. The molecule has 0 spiro atoms. The van der Waals surface area contributed by atoms with Crippen molar-refractivity contribution in [3.05, 3.63) is 17.8 Å². The molecule has 1 aliphatic rings. The zero-order valence-electron chi connectivity index (χ0n) is 14.3. The van der Waals surface area contributed by atoms with Crippen molar-refractivity contribution in [2.45, 2.75) is 51.7 Å². The number of pyridine rings is 1. The van der Waals surface area contributed by atoms with Crippen LogP contribution in [0, 0.1) is 0 Å². The van der Waals surface area contributed by atoms with Crippen LogP contribution in [0.4, 0.5) is 0 Å². The van der Waals surface area contributed by atoms with Crippen LogP contribution in [0.15, 0.2) is 12.1 Å². The lowest BCUT2D eigenvalue weighted by atomic mass is 10.1. The molecule has 7 heteroatoms. The number of H-pyrrole nitrogens is 1. The van der Waals surface area contributed by atoms with Crippen molar-refractivity contribution in [2.24, 2.45) is 0 Å². The quantitative estimate of drug-likeness (QED) is 0.753. The molecule has 0 saturated carbocycles. The maximum absolute atomic E-state index is 12.5. The second-order valence-corrected chi connectivity index (χ2v) is 6.19. The first-order valence-corrected chi connectivity index (χ1v) is 8.74. The van der Waals surface area contributed by atoms with E-state index in [1.807, 2.05) is 6.07 Å². The van der Waals surface area contributed by atoms with Gasteiger partial charge in [0.2, 0.25) is 5.88 Å². The molecule has 7 nitrogen and oxygen atoms in total. The van der Waals surface area contributed by atoms with E-state index in [1.54, 1.807) is 6.07 Å². The lowest BCUT2D eigenvalue weighted by Gasteiger charge is -2.23. The molecule has 1 atom stereocenters. The van der Waals surface area contributed by atoms with Gasteiger partial charge in [0, 0.05) is 18.7 Å². The highest BCUT2D eigenvalue weighted by Gasteiger charge is 2.20. The molecule has 0 bridgehead atoms. The number of ether oxygens (including phenoxy) is 1. The summed E-state index contributed by atoms with van der Waals surface area (Å²) in [5.41, 5.74) is 0.961. The summed E-state index contributed by atoms with van der Waals surface area (Å²) in [4.78, 5) is 16.9. The molecule has 2 aromatic heterocycles. The summed E-state index contributed by atoms with van der Waals surface area (Å²) in [7, 11) is 0. The number of rotatable bonds is 6. The zero-order chi connectivity index (χ0) is 16.9. The Morgan fingerprint density at radius 3 is 2.96 bits per heavy atom. The van der Waals surface area contributed by atoms with Gasteiger partial charge in [0.05, 0.1) is 11.5 Å². The Kier molecular flexibility index (Phi) is 5.30. The van der Waals surface area contributed by atoms with E-state index < -0.39 is 0 Å². The smallest absolute Gasteiger partial charge is 0.270 e. The van der Waals surface area contributed by atoms with Crippen LogP contribution in [0.3, 0.4) is 0 Å². The monoisotopic (exact) mass is 331 g/mol. The molecule has 3 heterocycles. The molecule has 130 valence electrons. The fourth-order valence-electron chi connectivity index (χ4n) is 2.98. The molecule has 1 unspecified atom stereocenters. The third-order valence-corrected chi connectivity index (χ3v) is 4.45. The standard InChI is InChI=1S/C17H25N5O2/c1-3-12(4-2)24-14-8-7-13-15(21-22-16(13)20-14)17(23)19-11-6-5-9-18-10-11/h7-8,11-12,18H,3-6,9-10H2,1-2H3,(H,19,23)(H,20,21,22). The maximum atomic E-state index is 12.5. The summed E-state index contributed by atoms with van der Waals surface area (Å²) in [5.74, 6) is 0.410. The number of amides is 1. The van der Waals surface area contributed by atoms with Gasteiger partial charge in [0.1, 0.15) is 5.69 Å². The third-order valence-electron chi connectivity index (χ3n) is 4.45. The van der Waals surface area contributed by atoms with Gasteiger partial charge in [-0.3, -0.25) is 9.89 Å². The van der Waals surface area contributed by atoms with E-state index in [0.29, 0.717) is 22.6 Å². The Hall–Kier alpha value is -2.15. The molecule has 24 heavy (non-hydrogen) atoms. The second-order valence-electron chi connectivity index (χ2n) is 6.19. The first kappa shape index (κ1) is 16.7. The number of aromatic nitrogens is 3. The average molecular weight is 331 g/mol. The van der Waals surface area contributed by atoms with Crippen LogP contribution >= 0.6 is 0 Å². The summed E-state index contributed by atoms with van der Waals surface area (Å²) in [6.07, 6.45) is 4.08. The predicted molar refractivity (Wildman–Crippen MR) is 92.2 cm³/mol. The molecule has 0 aliphatic carbocycles. The van der Waals surface area contributed by atoms with Crippen molar-refractivity contribution in [3.63, 3.8) is 0 Å². The Morgan fingerprint density at radius 2 is 2.25 bits per heavy atom. The highest BCUT2D eigenvalue weighted by Crippen LogP contribution is 2.20. The first-order valence-electron chi connectivity index (χ1n) is 8.74. The van der Waals surface area contributed by atoms with E-state index in [0.717, 1.165) is 38.8 Å². The predicted octanol–water partition coefficient (Wildman–Crippen LogP) is 2.01. The van der Waals surface area contributed by atoms with Crippen LogP contribution < -0.4 is 15.4 Å². The molecular weight excluding hydrogens is 306 g/mol. The van der Waals surface area contributed by atoms with Gasteiger partial charge in [-0.15, -0.1) is 0 Å². The van der Waals surface area contributed by atoms with Gasteiger partial charge in [-0.2, -0.15) is 10.1 Å². The molecule has 1 fully saturated rings. The number of hydrogen-bond acceptors (Lipinski definition) is 5. The highest BCUT2D eigenvalue weighted by molar-refractivity contribution is 6.04. The van der Waals surface area contributed by atoms with Crippen LogP contribution in [-0.2, 0) is 0 Å². The van der Waals surface area contributed by atoms with Gasteiger partial charge < -0.3 is 15.4 Å². The van der Waals surface area contributed by atoms with Gasteiger partial charge in [0.15, 0.2) is 5.65 Å². The molecule has 1 aliphatic heterocycles. The fraction of sp³-hybridized carbons (Fsp3) is 0.588. The minimum Gasteiger partial charge on any atom is -0.474 e. The number of hydrogen-bond donors (Lipinski definition) is 3. The zero-order valence-corrected chi connectivity index (χ0v) is 14.3. The number of nitrogens with zero attached hydrogens (tertiary/aromatic N) is 2. The van der Waals surface area contributed by atoms with Crippen LogP contribution in [0.2, 0.25) is 0 Å². The van der Waals surface area contributed by atoms with Crippen molar-refractivity contribution >= 4 is 16.9 Å². The minimum atomic E-state index is -0.137. The summed E-state index contributed by atoms with van der Waals surface area (Å²) in [5, 5.41) is 14.0. The van der Waals surface area contributed by atoms with E-state index in [2.05, 4.69) is 39.7 Å². The van der Waals surface area contributed by atoms with Gasteiger partial charge in [-0.05, 0) is 38.3 Å². The Morgan fingerprint density at radius 1 is 1.42 bits per heavy atom. The van der Waals surface area contributed by atoms with Crippen LogP contribution in [0.1, 0.15) is 50.0 Å². The lowest BCUT2D eigenvalue weighted by molar-refractivity contribution is 0.0927. The number of aromatic amines is 1. The third kappa shape index (κ3) is 3.67. The molecule has 1 saturated heterocycles. The molecule has 0 aromatic carbocycles. The normalized spacial score (nSPS) is 18.0. The second kappa shape index (κ2) is 7.61. The van der Waals surface area contributed by atoms with Gasteiger partial charge in [-0.1, -0.05) is 13.8 Å². The Labute approximate surface area is 141 Å². The Balaban J connectivity index is 1.74. The molecule has 3 N–H and O–H groups in total. The van der Waals surface area contributed by atoms with Crippen molar-refractivity contribution in [1.82, 2.24) is 25.8 Å². The fourth-order valence-corrected chi connectivity index (χ4v) is 2.98. The van der Waals surface area contributed by atoms with Crippen LogP contribution in [0.5, 0.6) is 5.88 Å². The van der Waals surface area contributed by atoms with Crippen molar-refractivity contribution in [3.8, 4) is 5.88 Å². The molecule has 3 rings (SSSR count). The highest BCUT2D eigenvalue weighted by atomic mass is 16.5. The number of piperidine rings is 1. The largest absolute Gasteiger partial charge is 0.474 e. The van der Waals surface area contributed by atoms with E-state index >= 15 is 0 Å². The van der Waals surface area contributed by atoms with Crippen molar-refractivity contribution in [2.75, 3.05) is 13.1 Å². The number of carbonyl (C=O) groups excluding carboxylic acids is 1. The summed E-state index contributed by atoms with van der Waals surface area (Å²) >= 11 is 0. The van der Waals surface area contributed by atoms with E-state index in [9.17, 15) is 4.79 Å². The summed E-state index contributed by atoms with van der Waals surface area (Å²) in [6, 6.07) is 3.81. The van der Waals surface area contributed by atoms with Crippen LogP contribution in [0.25, 0.3) is 11.0 Å². The van der Waals surface area contributed by atoms with E-state index in [4.69, 9.17) is 4.74 Å². The van der Waals surface area contributed by atoms with Gasteiger partial charge in [-0.25, -0.2) is 0 Å². The molecule has 2 aromatic rings. The average Bonchev–Trinajstić information content (AvgIpc) is 3.03. The first-order chi connectivity index (χ1) is 11.7. The van der Waals surface area contributed by atoms with Gasteiger partial charge >= 0.3 is 0 Å². The van der Waals surface area contributed by atoms with Crippen molar-refractivity contribution < 1.29 is 9.53 Å². The van der Waals surface area contributed by atoms with Crippen molar-refractivity contribution in [1.29, 1.82) is 0 Å². The van der Waals surface area contributed by atoms with E-state index in [-0.39, 0.29) is 18.1 Å². The minimum absolute atomic E-state index is 0.137. The maximum Gasteiger partial charge on any atom is 0.270 e. The summed E-state index contributed by atoms with van der Waals surface area (Å²) < 4.78 is 5.84. The van der Waals surface area contributed by atoms with E-state index in [1.165, 1.54) is 0 Å². The Bertz CT molecular complexity index is 689. The molecule has 0 radical (unpaired) electrons.